The number of ether oxygens (including phenoxy) is 1. The SMILES string of the molecule is Cc1cccc(C)c1-c1cc2nc(n1)NS(=O)(=O)c1cccc(c1)C1(CCN(C)C1)[C@H](CC(C)C)CO2. The summed E-state index contributed by atoms with van der Waals surface area (Å²) in [7, 11) is -1.78. The summed E-state index contributed by atoms with van der Waals surface area (Å²) in [6, 6.07) is 15.3. The Morgan fingerprint density at radius 1 is 1.11 bits per heavy atom. The van der Waals surface area contributed by atoms with E-state index >= 15 is 0 Å². The maximum atomic E-state index is 13.6. The molecule has 5 rings (SSSR count). The van der Waals surface area contributed by atoms with E-state index in [9.17, 15) is 8.42 Å². The zero-order valence-electron chi connectivity index (χ0n) is 22.3. The Kier molecular flexibility index (Phi) is 6.75. The monoisotopic (exact) mass is 520 g/mol. The van der Waals surface area contributed by atoms with Crippen LogP contribution in [0.3, 0.4) is 0 Å². The van der Waals surface area contributed by atoms with Crippen molar-refractivity contribution in [3.05, 3.63) is 65.2 Å². The highest BCUT2D eigenvalue weighted by Crippen LogP contribution is 2.44. The molecule has 1 saturated heterocycles. The molecule has 0 radical (unpaired) electrons. The second-order valence-corrected chi connectivity index (χ2v) is 12.8. The van der Waals surface area contributed by atoms with Crippen molar-refractivity contribution in [3.63, 3.8) is 0 Å². The molecule has 2 aromatic carbocycles. The lowest BCUT2D eigenvalue weighted by atomic mass is 9.67. The number of hydrogen-bond acceptors (Lipinski definition) is 6. The van der Waals surface area contributed by atoms with Gasteiger partial charge in [0.2, 0.25) is 11.8 Å². The maximum absolute atomic E-state index is 13.6. The van der Waals surface area contributed by atoms with Crippen molar-refractivity contribution in [2.75, 3.05) is 31.5 Å². The second kappa shape index (κ2) is 9.72. The summed E-state index contributed by atoms with van der Waals surface area (Å²) >= 11 is 0. The van der Waals surface area contributed by atoms with Crippen LogP contribution in [0, 0.1) is 25.7 Å². The zero-order chi connectivity index (χ0) is 26.4. The summed E-state index contributed by atoms with van der Waals surface area (Å²) in [6.45, 7) is 10.8. The van der Waals surface area contributed by atoms with E-state index in [1.54, 1.807) is 6.07 Å². The van der Waals surface area contributed by atoms with Crippen LogP contribution < -0.4 is 9.46 Å². The minimum atomic E-state index is -3.91. The van der Waals surface area contributed by atoms with E-state index in [0.29, 0.717) is 24.1 Å². The van der Waals surface area contributed by atoms with Crippen LogP contribution in [0.2, 0.25) is 0 Å². The maximum Gasteiger partial charge on any atom is 0.264 e. The predicted molar refractivity (Wildman–Crippen MR) is 146 cm³/mol. The first-order valence-electron chi connectivity index (χ1n) is 13.0. The molecule has 1 fully saturated rings. The van der Waals surface area contributed by atoms with Gasteiger partial charge in [0.1, 0.15) is 0 Å². The lowest BCUT2D eigenvalue weighted by Gasteiger charge is -2.39. The third kappa shape index (κ3) is 4.97. The average Bonchev–Trinajstić information content (AvgIpc) is 3.23. The number of rotatable bonds is 3. The summed E-state index contributed by atoms with van der Waals surface area (Å²) in [5, 5.41) is 0. The van der Waals surface area contributed by atoms with Crippen LogP contribution in [0.5, 0.6) is 5.88 Å². The summed E-state index contributed by atoms with van der Waals surface area (Å²) in [5.41, 5.74) is 4.54. The molecule has 3 aromatic rings. The Hall–Kier alpha value is -2.97. The van der Waals surface area contributed by atoms with Crippen LogP contribution in [0.15, 0.2) is 53.4 Å². The Bertz CT molecular complexity index is 1400. The van der Waals surface area contributed by atoms with Gasteiger partial charge >= 0.3 is 0 Å². The number of nitrogens with zero attached hydrogens (tertiary/aromatic N) is 3. The Balaban J connectivity index is 1.69. The fourth-order valence-corrected chi connectivity index (χ4v) is 7.08. The second-order valence-electron chi connectivity index (χ2n) is 11.1. The van der Waals surface area contributed by atoms with Crippen LogP contribution in [0.4, 0.5) is 5.95 Å². The predicted octanol–water partition coefficient (Wildman–Crippen LogP) is 5.19. The molecule has 0 amide bonds. The number of benzene rings is 2. The molecule has 0 saturated carbocycles. The van der Waals surface area contributed by atoms with Gasteiger partial charge in [0.15, 0.2) is 0 Å². The average molecular weight is 521 g/mol. The van der Waals surface area contributed by atoms with E-state index in [1.807, 2.05) is 50.2 Å². The molecule has 2 aliphatic heterocycles. The van der Waals surface area contributed by atoms with Gasteiger partial charge in [-0.25, -0.2) is 18.1 Å². The first-order chi connectivity index (χ1) is 17.6. The van der Waals surface area contributed by atoms with Crippen molar-refractivity contribution >= 4 is 16.0 Å². The van der Waals surface area contributed by atoms with E-state index in [4.69, 9.17) is 4.74 Å². The van der Waals surface area contributed by atoms with Crippen molar-refractivity contribution in [1.82, 2.24) is 14.9 Å². The van der Waals surface area contributed by atoms with Gasteiger partial charge in [-0.3, -0.25) is 0 Å². The highest BCUT2D eigenvalue weighted by Gasteiger charge is 2.46. The summed E-state index contributed by atoms with van der Waals surface area (Å²) in [4.78, 5) is 11.7. The number of likely N-dealkylation sites (tertiary alicyclic amines) is 1. The first-order valence-corrected chi connectivity index (χ1v) is 14.5. The van der Waals surface area contributed by atoms with Crippen molar-refractivity contribution < 1.29 is 13.2 Å². The van der Waals surface area contributed by atoms with Gasteiger partial charge in [0.05, 0.1) is 17.2 Å². The number of nitrogens with one attached hydrogen (secondary N) is 1. The fourth-order valence-electron chi connectivity index (χ4n) is 6.09. The number of aromatic nitrogens is 2. The fraction of sp³-hybridized carbons (Fsp3) is 0.448. The molecule has 2 aliphatic rings. The number of likely N-dealkylation sites (N-methyl/N-ethyl adjacent to an activating group) is 1. The molecule has 1 spiro atoms. The van der Waals surface area contributed by atoms with Crippen LogP contribution in [-0.4, -0.2) is 50.0 Å². The van der Waals surface area contributed by atoms with Crippen LogP contribution in [-0.2, 0) is 15.4 Å². The Labute approximate surface area is 220 Å². The normalized spacial score (nSPS) is 23.2. The molecule has 1 aromatic heterocycles. The highest BCUT2D eigenvalue weighted by molar-refractivity contribution is 7.92. The van der Waals surface area contributed by atoms with Crippen molar-refractivity contribution in [1.29, 1.82) is 0 Å². The van der Waals surface area contributed by atoms with E-state index in [-0.39, 0.29) is 22.2 Å². The molecule has 3 heterocycles. The van der Waals surface area contributed by atoms with Gasteiger partial charge in [-0.1, -0.05) is 44.2 Å². The molecule has 7 nitrogen and oxygen atoms in total. The number of sulfonamides is 1. The molecule has 37 heavy (non-hydrogen) atoms. The lowest BCUT2D eigenvalue weighted by molar-refractivity contribution is 0.140. The summed E-state index contributed by atoms with van der Waals surface area (Å²) in [5.74, 6) is 1.04. The minimum Gasteiger partial charge on any atom is -0.477 e. The van der Waals surface area contributed by atoms with Crippen LogP contribution >= 0.6 is 0 Å². The largest absolute Gasteiger partial charge is 0.477 e. The van der Waals surface area contributed by atoms with Crippen molar-refractivity contribution in [2.24, 2.45) is 11.8 Å². The smallest absolute Gasteiger partial charge is 0.264 e. The summed E-state index contributed by atoms with van der Waals surface area (Å²) < 4.78 is 36.2. The van der Waals surface area contributed by atoms with Crippen molar-refractivity contribution in [3.8, 4) is 17.1 Å². The highest BCUT2D eigenvalue weighted by atomic mass is 32.2. The molecular formula is C29H36N4O3S. The van der Waals surface area contributed by atoms with E-state index in [2.05, 4.69) is 46.6 Å². The van der Waals surface area contributed by atoms with Gasteiger partial charge in [0.25, 0.3) is 10.0 Å². The number of fused-ring (bicyclic) bond motifs is 5. The van der Waals surface area contributed by atoms with Gasteiger partial charge in [-0.15, -0.1) is 0 Å². The standard InChI is InChI=1S/C29H36N4O3S/c1-19(2)14-23-17-36-26-16-25(27-20(3)8-6-9-21(27)4)30-28(31-26)32-37(34,35)24-11-7-10-22(15-24)29(23)12-13-33(5)18-29/h6-11,15-16,19,23H,12-14,17-18H2,1-5H3,(H,30,31,32)/t23-,29?/m1/s1. The van der Waals surface area contributed by atoms with Crippen molar-refractivity contribution in [2.45, 2.75) is 50.8 Å². The minimum absolute atomic E-state index is 0.0110. The first kappa shape index (κ1) is 25.7. The molecule has 4 bridgehead atoms. The number of anilines is 1. The molecule has 1 unspecified atom stereocenters. The van der Waals surface area contributed by atoms with Gasteiger partial charge in [-0.05, 0) is 75.0 Å². The molecule has 1 N–H and O–H groups in total. The Morgan fingerprint density at radius 2 is 1.84 bits per heavy atom. The van der Waals surface area contributed by atoms with E-state index < -0.39 is 10.0 Å². The molecule has 8 heteroatoms. The van der Waals surface area contributed by atoms with Gasteiger partial charge in [0, 0.05) is 29.5 Å². The quantitative estimate of drug-likeness (QED) is 0.512. The molecular weight excluding hydrogens is 484 g/mol. The molecule has 0 aliphatic carbocycles. The van der Waals surface area contributed by atoms with Gasteiger partial charge in [-0.2, -0.15) is 4.98 Å². The van der Waals surface area contributed by atoms with E-state index in [1.165, 1.54) is 0 Å². The summed E-state index contributed by atoms with van der Waals surface area (Å²) in [6.07, 6.45) is 1.91. The number of aryl methyl sites for hydroxylation is 2. The molecule has 2 atom stereocenters. The van der Waals surface area contributed by atoms with Crippen LogP contribution in [0.1, 0.15) is 43.4 Å². The zero-order valence-corrected chi connectivity index (χ0v) is 23.1. The van der Waals surface area contributed by atoms with Gasteiger partial charge < -0.3 is 9.64 Å². The van der Waals surface area contributed by atoms with E-state index in [0.717, 1.165) is 48.2 Å². The lowest BCUT2D eigenvalue weighted by Crippen LogP contribution is -2.42. The Morgan fingerprint density at radius 3 is 2.51 bits per heavy atom. The third-order valence-corrected chi connectivity index (χ3v) is 9.17. The molecule has 196 valence electrons. The number of hydrogen-bond donors (Lipinski definition) is 1. The van der Waals surface area contributed by atoms with Crippen LogP contribution in [0.25, 0.3) is 11.3 Å². The topological polar surface area (TPSA) is 84.4 Å². The third-order valence-electron chi connectivity index (χ3n) is 7.85.